The molecular weight excluding hydrogens is 380 g/mol. The number of nitrogens with zero attached hydrogens (tertiary/aromatic N) is 4. The quantitative estimate of drug-likeness (QED) is 0.724. The molecule has 0 amide bonds. The second-order valence-electron chi connectivity index (χ2n) is 7.46. The molecule has 5 rings (SSSR count). The van der Waals surface area contributed by atoms with Gasteiger partial charge < -0.3 is 5.11 Å². The van der Waals surface area contributed by atoms with E-state index in [0.29, 0.717) is 17.8 Å². The third kappa shape index (κ3) is 2.12. The zero-order valence-electron chi connectivity index (χ0n) is 15.5. The maximum atomic E-state index is 13.2. The van der Waals surface area contributed by atoms with Crippen LogP contribution in [0, 0.1) is 0 Å². The number of rotatable bonds is 3. The number of imidazole rings is 1. The Labute approximate surface area is 162 Å². The Bertz CT molecular complexity index is 1270. The average molecular weight is 400 g/mol. The molecule has 28 heavy (non-hydrogen) atoms. The van der Waals surface area contributed by atoms with Gasteiger partial charge in [0, 0.05) is 26.0 Å². The van der Waals surface area contributed by atoms with Crippen LogP contribution in [0.2, 0.25) is 0 Å². The van der Waals surface area contributed by atoms with E-state index >= 15 is 0 Å². The van der Waals surface area contributed by atoms with Gasteiger partial charge in [-0.1, -0.05) is 36.4 Å². The van der Waals surface area contributed by atoms with Crippen molar-refractivity contribution in [3.8, 4) is 11.6 Å². The van der Waals surface area contributed by atoms with Gasteiger partial charge in [-0.2, -0.15) is 17.0 Å². The summed E-state index contributed by atoms with van der Waals surface area (Å²) in [6.45, 7) is 0.233. The second kappa shape index (κ2) is 5.69. The molecule has 0 spiro atoms. The Kier molecular flexibility index (Phi) is 3.55. The normalized spacial score (nSPS) is 21.7. The van der Waals surface area contributed by atoms with Crippen LogP contribution in [0.3, 0.4) is 0 Å². The van der Waals surface area contributed by atoms with E-state index in [2.05, 4.69) is 0 Å². The fourth-order valence-electron chi connectivity index (χ4n) is 4.49. The van der Waals surface area contributed by atoms with Crippen LogP contribution in [0.1, 0.15) is 24.2 Å². The molecule has 1 fully saturated rings. The lowest BCUT2D eigenvalue weighted by molar-refractivity contribution is 0.321. The first kappa shape index (κ1) is 17.5. The lowest BCUT2D eigenvalue weighted by Crippen LogP contribution is -2.43. The van der Waals surface area contributed by atoms with Gasteiger partial charge in [0.05, 0.1) is 17.8 Å². The molecule has 3 aromatic rings. The lowest BCUT2D eigenvalue weighted by Gasteiger charge is -2.29. The van der Waals surface area contributed by atoms with Crippen LogP contribution >= 0.6 is 0 Å². The summed E-state index contributed by atoms with van der Waals surface area (Å²) in [6.07, 6.45) is 0.502. The van der Waals surface area contributed by atoms with Crippen molar-refractivity contribution in [2.24, 2.45) is 0 Å². The van der Waals surface area contributed by atoms with Gasteiger partial charge in [0.25, 0.3) is 10.2 Å². The van der Waals surface area contributed by atoms with E-state index in [4.69, 9.17) is 0 Å². The standard InChI is InChI=1S/C19H20N4O4S/c1-20(2)28(26,27)21-11-13-10-16(21)17-18(24)23(19(25)22(13)17)15-9-5-7-12-6-3-4-8-14(12)15/h3-9,13,16,24H,10-11H2,1-2H3/t13-,16-/m0/s1. The summed E-state index contributed by atoms with van der Waals surface area (Å²) in [5, 5.41) is 12.8. The molecule has 2 aliphatic rings. The largest absolute Gasteiger partial charge is 0.493 e. The van der Waals surface area contributed by atoms with E-state index in [9.17, 15) is 18.3 Å². The fourth-order valence-corrected chi connectivity index (χ4v) is 5.78. The number of aromatic hydroxyl groups is 1. The molecule has 1 N–H and O–H groups in total. The van der Waals surface area contributed by atoms with Crippen LogP contribution in [-0.2, 0) is 10.2 Å². The van der Waals surface area contributed by atoms with E-state index in [1.165, 1.54) is 23.0 Å². The predicted molar refractivity (Wildman–Crippen MR) is 105 cm³/mol. The Morgan fingerprint density at radius 2 is 1.82 bits per heavy atom. The first-order valence-corrected chi connectivity index (χ1v) is 10.5. The summed E-state index contributed by atoms with van der Waals surface area (Å²) >= 11 is 0. The van der Waals surface area contributed by atoms with Crippen molar-refractivity contribution < 1.29 is 13.5 Å². The Morgan fingerprint density at radius 1 is 1.11 bits per heavy atom. The molecule has 2 aliphatic heterocycles. The topological polar surface area (TPSA) is 87.8 Å². The summed E-state index contributed by atoms with van der Waals surface area (Å²) in [5.74, 6) is -0.187. The van der Waals surface area contributed by atoms with E-state index in [1.807, 2.05) is 36.4 Å². The summed E-state index contributed by atoms with van der Waals surface area (Å²) in [5.41, 5.74) is 0.627. The molecule has 146 valence electrons. The number of fused-ring (bicyclic) bond motifs is 6. The highest BCUT2D eigenvalue weighted by atomic mass is 32.2. The molecule has 0 aliphatic carbocycles. The third-order valence-corrected chi connectivity index (χ3v) is 7.70. The van der Waals surface area contributed by atoms with Gasteiger partial charge in [0.2, 0.25) is 5.88 Å². The molecule has 0 saturated carbocycles. The van der Waals surface area contributed by atoms with Gasteiger partial charge in [0.1, 0.15) is 5.69 Å². The summed E-state index contributed by atoms with van der Waals surface area (Å²) in [7, 11) is -0.676. The maximum Gasteiger partial charge on any atom is 0.336 e. The highest BCUT2D eigenvalue weighted by molar-refractivity contribution is 7.86. The van der Waals surface area contributed by atoms with Crippen molar-refractivity contribution >= 4 is 21.0 Å². The molecular formula is C19H20N4O4S. The zero-order chi connectivity index (χ0) is 19.8. The number of hydrogen-bond acceptors (Lipinski definition) is 4. The maximum absolute atomic E-state index is 13.2. The first-order chi connectivity index (χ1) is 13.3. The van der Waals surface area contributed by atoms with E-state index in [-0.39, 0.29) is 24.2 Å². The molecule has 0 radical (unpaired) electrons. The van der Waals surface area contributed by atoms with Gasteiger partial charge in [0.15, 0.2) is 0 Å². The Balaban J connectivity index is 1.72. The van der Waals surface area contributed by atoms with E-state index in [1.54, 1.807) is 10.6 Å². The van der Waals surface area contributed by atoms with E-state index < -0.39 is 16.3 Å². The lowest BCUT2D eigenvalue weighted by atomic mass is 10.1. The van der Waals surface area contributed by atoms with Crippen molar-refractivity contribution in [3.05, 3.63) is 58.6 Å². The van der Waals surface area contributed by atoms with Gasteiger partial charge >= 0.3 is 5.69 Å². The molecule has 1 aromatic heterocycles. The zero-order valence-corrected chi connectivity index (χ0v) is 16.3. The fraction of sp³-hybridized carbons (Fsp3) is 0.316. The van der Waals surface area contributed by atoms with Gasteiger partial charge in [-0.3, -0.25) is 4.57 Å². The Morgan fingerprint density at radius 3 is 2.57 bits per heavy atom. The molecule has 1 saturated heterocycles. The predicted octanol–water partition coefficient (Wildman–Crippen LogP) is 1.61. The SMILES string of the molecule is CN(C)S(=O)(=O)N1C[C@@H]2C[C@H]1c1c(O)n(-c3cccc4ccccc34)c(=O)n12. The summed E-state index contributed by atoms with van der Waals surface area (Å²) in [4.78, 5) is 13.2. The monoisotopic (exact) mass is 400 g/mol. The number of hydrogen-bond donors (Lipinski definition) is 1. The molecule has 2 atom stereocenters. The molecule has 2 aromatic carbocycles. The molecule has 9 heteroatoms. The molecule has 8 nitrogen and oxygen atoms in total. The van der Waals surface area contributed by atoms with Crippen molar-refractivity contribution in [1.29, 1.82) is 0 Å². The highest BCUT2D eigenvalue weighted by Gasteiger charge is 2.52. The van der Waals surface area contributed by atoms with Crippen LogP contribution in [0.5, 0.6) is 5.88 Å². The molecule has 2 bridgehead atoms. The highest BCUT2D eigenvalue weighted by Crippen LogP contribution is 2.50. The first-order valence-electron chi connectivity index (χ1n) is 9.06. The minimum Gasteiger partial charge on any atom is -0.493 e. The van der Waals surface area contributed by atoms with Crippen LogP contribution in [-0.4, -0.2) is 51.9 Å². The summed E-state index contributed by atoms with van der Waals surface area (Å²) in [6, 6.07) is 12.4. The summed E-state index contributed by atoms with van der Waals surface area (Å²) < 4.78 is 30.7. The van der Waals surface area contributed by atoms with Gasteiger partial charge in [-0.25, -0.2) is 9.36 Å². The van der Waals surface area contributed by atoms with Crippen LogP contribution in [0.25, 0.3) is 16.5 Å². The van der Waals surface area contributed by atoms with Crippen molar-refractivity contribution in [2.45, 2.75) is 18.5 Å². The molecule has 3 heterocycles. The van der Waals surface area contributed by atoms with Crippen LogP contribution in [0.4, 0.5) is 0 Å². The number of aromatic nitrogens is 2. The minimum atomic E-state index is -3.64. The van der Waals surface area contributed by atoms with Crippen molar-refractivity contribution in [2.75, 3.05) is 20.6 Å². The minimum absolute atomic E-state index is 0.187. The smallest absolute Gasteiger partial charge is 0.336 e. The van der Waals surface area contributed by atoms with Crippen LogP contribution in [0.15, 0.2) is 47.3 Å². The van der Waals surface area contributed by atoms with Crippen molar-refractivity contribution in [1.82, 2.24) is 17.7 Å². The van der Waals surface area contributed by atoms with Crippen molar-refractivity contribution in [3.63, 3.8) is 0 Å². The van der Waals surface area contributed by atoms with Gasteiger partial charge in [-0.15, -0.1) is 0 Å². The second-order valence-corrected chi connectivity index (χ2v) is 9.56. The number of benzene rings is 2. The van der Waals surface area contributed by atoms with Gasteiger partial charge in [-0.05, 0) is 17.9 Å². The third-order valence-electron chi connectivity index (χ3n) is 5.78. The Hall–Kier alpha value is -2.62. The van der Waals surface area contributed by atoms with E-state index in [0.717, 1.165) is 15.1 Å². The molecule has 0 unspecified atom stereocenters. The van der Waals surface area contributed by atoms with Crippen LogP contribution < -0.4 is 5.69 Å². The average Bonchev–Trinajstić information content (AvgIpc) is 3.33.